The van der Waals surface area contributed by atoms with Crippen LogP contribution in [-0.2, 0) is 4.79 Å². The van der Waals surface area contributed by atoms with E-state index in [1.54, 1.807) is 6.08 Å². The van der Waals surface area contributed by atoms with Crippen molar-refractivity contribution < 1.29 is 13.6 Å². The molecule has 66 valence electrons. The molecule has 0 aromatic heterocycles. The Morgan fingerprint density at radius 3 is 2.58 bits per heavy atom. The molecule has 0 bridgehead atoms. The summed E-state index contributed by atoms with van der Waals surface area (Å²) in [5.41, 5.74) is 0.00116. The average molecular weight is 193 g/mol. The van der Waals surface area contributed by atoms with Gasteiger partial charge in [-0.15, -0.1) is 0 Å². The van der Waals surface area contributed by atoms with E-state index in [9.17, 15) is 13.6 Å². The van der Waals surface area contributed by atoms with Crippen LogP contribution in [0.15, 0.2) is 23.8 Å². The average Bonchev–Trinajstić information content (AvgIpc) is 2.03. The van der Waals surface area contributed by atoms with Gasteiger partial charge in [0.1, 0.15) is 0 Å². The van der Waals surface area contributed by atoms with Crippen molar-refractivity contribution in [2.24, 2.45) is 0 Å². The van der Waals surface area contributed by atoms with Crippen LogP contribution in [0.3, 0.4) is 0 Å². The molecule has 0 unspecified atom stereocenters. The summed E-state index contributed by atoms with van der Waals surface area (Å²) in [7, 11) is 0. The molecule has 12 heavy (non-hydrogen) atoms. The zero-order valence-corrected chi connectivity index (χ0v) is 6.94. The van der Waals surface area contributed by atoms with E-state index in [-0.39, 0.29) is 5.57 Å². The highest BCUT2D eigenvalue weighted by molar-refractivity contribution is 6.35. The number of halogens is 3. The van der Waals surface area contributed by atoms with E-state index < -0.39 is 11.2 Å². The number of hydrogen-bond acceptors (Lipinski definition) is 1. The molecule has 0 spiro atoms. The van der Waals surface area contributed by atoms with E-state index >= 15 is 0 Å². The smallest absolute Gasteiger partial charge is 0.286 e. The van der Waals surface area contributed by atoms with Gasteiger partial charge in [0.15, 0.2) is 0 Å². The van der Waals surface area contributed by atoms with E-state index in [1.165, 1.54) is 12.2 Å². The molecule has 0 N–H and O–H groups in total. The number of hydrogen-bond donors (Lipinski definition) is 0. The van der Waals surface area contributed by atoms with E-state index in [1.807, 2.05) is 0 Å². The maximum atomic E-state index is 12.2. The van der Waals surface area contributed by atoms with Crippen LogP contribution in [0.1, 0.15) is 12.8 Å². The van der Waals surface area contributed by atoms with Gasteiger partial charge in [0.2, 0.25) is 5.78 Å². The molecule has 0 saturated carbocycles. The van der Waals surface area contributed by atoms with Gasteiger partial charge in [-0.2, -0.15) is 8.78 Å². The standard InChI is InChI=1S/C8H7ClF2O/c9-8(10,11)7(12)6-4-2-1-3-5-6/h2,4-5H,1,3H2. The molecule has 1 aliphatic rings. The Labute approximate surface area is 73.7 Å². The molecule has 0 amide bonds. The molecule has 0 radical (unpaired) electrons. The third-order valence-electron chi connectivity index (χ3n) is 1.51. The number of alkyl halides is 3. The SMILES string of the molecule is O=C(C1=CCCC=C1)C(F)(F)Cl. The van der Waals surface area contributed by atoms with Crippen LogP contribution in [0, 0.1) is 0 Å². The minimum absolute atomic E-state index is 0.00116. The van der Waals surface area contributed by atoms with Gasteiger partial charge in [-0.3, -0.25) is 4.79 Å². The van der Waals surface area contributed by atoms with Gasteiger partial charge >= 0.3 is 5.38 Å². The summed E-state index contributed by atoms with van der Waals surface area (Å²) in [5, 5.41) is -3.77. The number of allylic oxidation sites excluding steroid dienone is 4. The molecule has 0 saturated heterocycles. The van der Waals surface area contributed by atoms with E-state index in [0.717, 1.165) is 6.42 Å². The van der Waals surface area contributed by atoms with Crippen LogP contribution in [0.4, 0.5) is 8.78 Å². The van der Waals surface area contributed by atoms with Crippen LogP contribution < -0.4 is 0 Å². The molecule has 0 fully saturated rings. The second-order valence-corrected chi connectivity index (χ2v) is 2.94. The van der Waals surface area contributed by atoms with Crippen molar-refractivity contribution in [3.8, 4) is 0 Å². The fourth-order valence-electron chi connectivity index (χ4n) is 0.945. The normalized spacial score (nSPS) is 17.4. The van der Waals surface area contributed by atoms with Gasteiger partial charge < -0.3 is 0 Å². The monoisotopic (exact) mass is 192 g/mol. The summed E-state index contributed by atoms with van der Waals surface area (Å²) in [6, 6.07) is 0. The molecule has 0 aromatic rings. The molecule has 1 aliphatic carbocycles. The molecule has 0 atom stereocenters. The van der Waals surface area contributed by atoms with Gasteiger partial charge in [0.05, 0.1) is 0 Å². The molecule has 1 rings (SSSR count). The minimum Gasteiger partial charge on any atom is -0.286 e. The quantitative estimate of drug-likeness (QED) is 0.615. The molecule has 4 heteroatoms. The Bertz CT molecular complexity index is 250. The second-order valence-electron chi connectivity index (χ2n) is 2.47. The predicted octanol–water partition coefficient (Wildman–Crippen LogP) is 2.66. The van der Waals surface area contributed by atoms with Crippen LogP contribution in [-0.4, -0.2) is 11.2 Å². The number of Topliss-reactive ketones (excluding diaryl/α,β-unsaturated/α-hetero) is 1. The van der Waals surface area contributed by atoms with Crippen molar-refractivity contribution in [3.05, 3.63) is 23.8 Å². The predicted molar refractivity (Wildman–Crippen MR) is 42.3 cm³/mol. The van der Waals surface area contributed by atoms with Crippen molar-refractivity contribution in [2.75, 3.05) is 0 Å². The van der Waals surface area contributed by atoms with E-state index in [0.29, 0.717) is 6.42 Å². The Kier molecular flexibility index (Phi) is 2.62. The van der Waals surface area contributed by atoms with Crippen LogP contribution in [0.25, 0.3) is 0 Å². The first-order valence-corrected chi connectivity index (χ1v) is 3.88. The maximum Gasteiger partial charge on any atom is 0.384 e. The molecule has 0 heterocycles. The van der Waals surface area contributed by atoms with Crippen LogP contribution in [0.5, 0.6) is 0 Å². The maximum absolute atomic E-state index is 12.2. The summed E-state index contributed by atoms with van der Waals surface area (Å²) in [5.74, 6) is -1.32. The lowest BCUT2D eigenvalue weighted by Crippen LogP contribution is -2.22. The van der Waals surface area contributed by atoms with Gasteiger partial charge in [-0.25, -0.2) is 0 Å². The Balaban J connectivity index is 2.77. The lowest BCUT2D eigenvalue weighted by atomic mass is 10.0. The molecule has 1 nitrogen and oxygen atoms in total. The summed E-state index contributed by atoms with van der Waals surface area (Å²) in [6.45, 7) is 0. The van der Waals surface area contributed by atoms with Crippen molar-refractivity contribution in [2.45, 2.75) is 18.2 Å². The van der Waals surface area contributed by atoms with Gasteiger partial charge in [0.25, 0.3) is 0 Å². The zero-order valence-electron chi connectivity index (χ0n) is 6.19. The van der Waals surface area contributed by atoms with Gasteiger partial charge in [-0.05, 0) is 24.4 Å². The number of rotatable bonds is 2. The summed E-state index contributed by atoms with van der Waals surface area (Å²) in [6.07, 6.45) is 5.92. The summed E-state index contributed by atoms with van der Waals surface area (Å²) < 4.78 is 24.5. The highest BCUT2D eigenvalue weighted by Crippen LogP contribution is 2.25. The first kappa shape index (κ1) is 9.39. The Morgan fingerprint density at radius 2 is 2.17 bits per heavy atom. The van der Waals surface area contributed by atoms with Crippen molar-refractivity contribution >= 4 is 17.4 Å². The van der Waals surface area contributed by atoms with Crippen molar-refractivity contribution in [3.63, 3.8) is 0 Å². The Morgan fingerprint density at radius 1 is 1.50 bits per heavy atom. The first-order valence-electron chi connectivity index (χ1n) is 3.50. The zero-order chi connectivity index (χ0) is 9.19. The molecular formula is C8H7ClF2O. The molecular weight excluding hydrogens is 186 g/mol. The fraction of sp³-hybridized carbons (Fsp3) is 0.375. The first-order chi connectivity index (χ1) is 5.52. The highest BCUT2D eigenvalue weighted by atomic mass is 35.5. The molecule has 0 aliphatic heterocycles. The third-order valence-corrected chi connectivity index (χ3v) is 1.69. The second kappa shape index (κ2) is 3.35. The van der Waals surface area contributed by atoms with Crippen molar-refractivity contribution in [1.29, 1.82) is 0 Å². The fourth-order valence-corrected chi connectivity index (χ4v) is 1.05. The number of ketones is 1. The topological polar surface area (TPSA) is 17.1 Å². The van der Waals surface area contributed by atoms with Crippen LogP contribution in [0.2, 0.25) is 0 Å². The summed E-state index contributed by atoms with van der Waals surface area (Å²) >= 11 is 4.56. The van der Waals surface area contributed by atoms with Crippen molar-refractivity contribution in [1.82, 2.24) is 0 Å². The largest absolute Gasteiger partial charge is 0.384 e. The highest BCUT2D eigenvalue weighted by Gasteiger charge is 2.37. The lowest BCUT2D eigenvalue weighted by Gasteiger charge is -2.09. The number of carbonyl (C=O) groups is 1. The van der Waals surface area contributed by atoms with E-state index in [4.69, 9.17) is 0 Å². The lowest BCUT2D eigenvalue weighted by molar-refractivity contribution is -0.129. The number of carbonyl (C=O) groups excluding carboxylic acids is 1. The van der Waals surface area contributed by atoms with Gasteiger partial charge in [-0.1, -0.05) is 18.2 Å². The van der Waals surface area contributed by atoms with E-state index in [2.05, 4.69) is 11.6 Å². The summed E-state index contributed by atoms with van der Waals surface area (Å²) in [4.78, 5) is 10.8. The third kappa shape index (κ3) is 2.14. The Hall–Kier alpha value is -0.700. The minimum atomic E-state index is -3.77. The van der Waals surface area contributed by atoms with Crippen LogP contribution >= 0.6 is 11.6 Å². The molecule has 0 aromatic carbocycles. The van der Waals surface area contributed by atoms with Gasteiger partial charge in [0, 0.05) is 5.57 Å².